The average Bonchev–Trinajstić information content (AvgIpc) is 2.45. The fourth-order valence-electron chi connectivity index (χ4n) is 2.82. The normalized spacial score (nSPS) is 22.0. The minimum atomic E-state index is -4.25. The Hall–Kier alpha value is -1.77. The molecule has 24 heavy (non-hydrogen) atoms. The number of amides is 1. The summed E-state index contributed by atoms with van der Waals surface area (Å²) in [5.41, 5.74) is 0.416. The predicted octanol–water partition coefficient (Wildman–Crippen LogP) is 2.91. The summed E-state index contributed by atoms with van der Waals surface area (Å²) in [6.45, 7) is 0. The zero-order valence-electron chi connectivity index (χ0n) is 13.1. The molecular formula is C15H19F3N2O3S. The maximum Gasteiger partial charge on any atom is 0.391 e. The lowest BCUT2D eigenvalue weighted by Gasteiger charge is -2.31. The minimum absolute atomic E-state index is 0.0869. The van der Waals surface area contributed by atoms with Crippen molar-refractivity contribution in [3.8, 4) is 0 Å². The molecule has 1 aliphatic rings. The fraction of sp³-hybridized carbons (Fsp3) is 0.533. The molecule has 0 spiro atoms. The van der Waals surface area contributed by atoms with Gasteiger partial charge in [-0.1, -0.05) is 12.5 Å². The van der Waals surface area contributed by atoms with E-state index >= 15 is 0 Å². The molecule has 5 nitrogen and oxygen atoms in total. The van der Waals surface area contributed by atoms with E-state index in [2.05, 4.69) is 10.0 Å². The summed E-state index contributed by atoms with van der Waals surface area (Å²) in [7, 11) is -3.48. The Balaban J connectivity index is 2.03. The highest BCUT2D eigenvalue weighted by Gasteiger charge is 2.42. The number of anilines is 1. The van der Waals surface area contributed by atoms with Gasteiger partial charge in [0.25, 0.3) is 5.91 Å². The van der Waals surface area contributed by atoms with E-state index in [1.807, 2.05) is 0 Å². The van der Waals surface area contributed by atoms with Crippen LogP contribution in [0.1, 0.15) is 36.0 Å². The zero-order chi connectivity index (χ0) is 18.0. The molecule has 2 unspecified atom stereocenters. The Morgan fingerprint density at radius 3 is 2.58 bits per heavy atom. The second-order valence-electron chi connectivity index (χ2n) is 6.03. The van der Waals surface area contributed by atoms with Gasteiger partial charge in [0.2, 0.25) is 10.0 Å². The Morgan fingerprint density at radius 2 is 1.96 bits per heavy atom. The van der Waals surface area contributed by atoms with Crippen molar-refractivity contribution in [1.29, 1.82) is 0 Å². The van der Waals surface area contributed by atoms with Crippen LogP contribution in [0.5, 0.6) is 0 Å². The van der Waals surface area contributed by atoms with E-state index < -0.39 is 34.1 Å². The van der Waals surface area contributed by atoms with Crippen molar-refractivity contribution in [2.75, 3.05) is 11.0 Å². The second kappa shape index (κ2) is 7.00. The summed E-state index contributed by atoms with van der Waals surface area (Å²) in [6.07, 6.45) is -2.40. The third-order valence-corrected chi connectivity index (χ3v) is 4.51. The molecule has 2 N–H and O–H groups in total. The van der Waals surface area contributed by atoms with Gasteiger partial charge in [0, 0.05) is 17.3 Å². The molecule has 1 fully saturated rings. The number of nitrogens with one attached hydrogen (secondary N) is 2. The van der Waals surface area contributed by atoms with Crippen LogP contribution in [0.2, 0.25) is 0 Å². The maximum absolute atomic E-state index is 12.8. The lowest BCUT2D eigenvalue weighted by molar-refractivity contribution is -0.183. The molecule has 0 saturated heterocycles. The van der Waals surface area contributed by atoms with E-state index in [9.17, 15) is 26.4 Å². The zero-order valence-corrected chi connectivity index (χ0v) is 13.9. The monoisotopic (exact) mass is 364 g/mol. The van der Waals surface area contributed by atoms with Crippen molar-refractivity contribution in [3.63, 3.8) is 0 Å². The lowest BCUT2D eigenvalue weighted by Crippen LogP contribution is -2.41. The van der Waals surface area contributed by atoms with Crippen molar-refractivity contribution in [3.05, 3.63) is 29.8 Å². The number of carbonyl (C=O) groups is 1. The van der Waals surface area contributed by atoms with Crippen LogP contribution in [0.4, 0.5) is 18.9 Å². The van der Waals surface area contributed by atoms with Crippen molar-refractivity contribution >= 4 is 21.6 Å². The first kappa shape index (κ1) is 18.6. The van der Waals surface area contributed by atoms with E-state index in [1.54, 1.807) is 0 Å². The van der Waals surface area contributed by atoms with Crippen LogP contribution in [0.15, 0.2) is 24.3 Å². The number of halogens is 3. The Kier molecular flexibility index (Phi) is 5.42. The first-order chi connectivity index (χ1) is 11.0. The largest absolute Gasteiger partial charge is 0.391 e. The quantitative estimate of drug-likeness (QED) is 0.863. The number of rotatable bonds is 4. The smallest absolute Gasteiger partial charge is 0.349 e. The first-order valence-electron chi connectivity index (χ1n) is 7.50. The Labute approximate surface area is 138 Å². The molecule has 0 aliphatic heterocycles. The minimum Gasteiger partial charge on any atom is -0.349 e. The Morgan fingerprint density at radius 1 is 1.25 bits per heavy atom. The fourth-order valence-corrected chi connectivity index (χ4v) is 3.38. The number of alkyl halides is 3. The van der Waals surface area contributed by atoms with Crippen LogP contribution in [0.25, 0.3) is 0 Å². The number of hydrogen-bond donors (Lipinski definition) is 2. The number of hydrogen-bond acceptors (Lipinski definition) is 3. The lowest BCUT2D eigenvalue weighted by atomic mass is 9.85. The number of benzene rings is 1. The molecule has 0 bridgehead atoms. The molecule has 1 aromatic rings. The van der Waals surface area contributed by atoms with Crippen molar-refractivity contribution in [2.24, 2.45) is 5.92 Å². The third kappa shape index (κ3) is 5.40. The molecule has 9 heteroatoms. The summed E-state index contributed by atoms with van der Waals surface area (Å²) in [6, 6.07) is 5.28. The average molecular weight is 364 g/mol. The standard InChI is InChI=1S/C15H19F3N2O3S/c1-24(22,23)20-13-7-2-4-10(8-13)14(21)19-12-6-3-5-11(9-12)15(16,17)18/h2,4,7-8,11-12,20H,3,5-6,9H2,1H3,(H,19,21). The number of carbonyl (C=O) groups excluding carboxylic acids is 1. The van der Waals surface area contributed by atoms with E-state index in [1.165, 1.54) is 24.3 Å². The van der Waals surface area contributed by atoms with Crippen LogP contribution in [-0.4, -0.2) is 32.8 Å². The van der Waals surface area contributed by atoms with Gasteiger partial charge in [-0.2, -0.15) is 13.2 Å². The van der Waals surface area contributed by atoms with Gasteiger partial charge in [-0.25, -0.2) is 8.42 Å². The highest BCUT2D eigenvalue weighted by Crippen LogP contribution is 2.37. The molecule has 0 heterocycles. The molecular weight excluding hydrogens is 345 g/mol. The summed E-state index contributed by atoms with van der Waals surface area (Å²) in [5.74, 6) is -1.91. The van der Waals surface area contributed by atoms with Crippen molar-refractivity contribution < 1.29 is 26.4 Å². The first-order valence-corrected chi connectivity index (χ1v) is 9.39. The number of sulfonamides is 1. The van der Waals surface area contributed by atoms with Crippen molar-refractivity contribution in [1.82, 2.24) is 5.32 Å². The molecule has 1 saturated carbocycles. The van der Waals surface area contributed by atoms with Gasteiger partial charge < -0.3 is 5.32 Å². The van der Waals surface area contributed by atoms with Gasteiger partial charge >= 0.3 is 6.18 Å². The molecule has 0 radical (unpaired) electrons. The molecule has 1 aliphatic carbocycles. The third-order valence-electron chi connectivity index (χ3n) is 3.90. The van der Waals surface area contributed by atoms with E-state index in [0.29, 0.717) is 12.8 Å². The van der Waals surface area contributed by atoms with Gasteiger partial charge in [-0.15, -0.1) is 0 Å². The summed E-state index contributed by atoms with van der Waals surface area (Å²) in [4.78, 5) is 12.2. The van der Waals surface area contributed by atoms with Crippen LogP contribution in [0, 0.1) is 5.92 Å². The highest BCUT2D eigenvalue weighted by atomic mass is 32.2. The topological polar surface area (TPSA) is 75.3 Å². The molecule has 2 rings (SSSR count). The molecule has 134 valence electrons. The van der Waals surface area contributed by atoms with Crippen molar-refractivity contribution in [2.45, 2.75) is 37.9 Å². The van der Waals surface area contributed by atoms with Gasteiger partial charge in [-0.05, 0) is 37.5 Å². The van der Waals surface area contributed by atoms with Crippen LogP contribution in [-0.2, 0) is 10.0 Å². The van der Waals surface area contributed by atoms with Crippen LogP contribution in [0.3, 0.4) is 0 Å². The van der Waals surface area contributed by atoms with Gasteiger partial charge in [0.1, 0.15) is 0 Å². The van der Waals surface area contributed by atoms with Crippen LogP contribution >= 0.6 is 0 Å². The molecule has 1 aromatic carbocycles. The molecule has 0 aromatic heterocycles. The van der Waals surface area contributed by atoms with Gasteiger partial charge in [0.15, 0.2) is 0 Å². The molecule has 1 amide bonds. The summed E-state index contributed by atoms with van der Waals surface area (Å²) < 4.78 is 63.1. The van der Waals surface area contributed by atoms with Gasteiger partial charge in [-0.3, -0.25) is 9.52 Å². The summed E-state index contributed by atoms with van der Waals surface area (Å²) in [5, 5.41) is 2.61. The van der Waals surface area contributed by atoms with E-state index in [-0.39, 0.29) is 24.1 Å². The Bertz CT molecular complexity index is 704. The highest BCUT2D eigenvalue weighted by molar-refractivity contribution is 7.92. The molecule has 2 atom stereocenters. The summed E-state index contributed by atoms with van der Waals surface area (Å²) >= 11 is 0. The SMILES string of the molecule is CS(=O)(=O)Nc1cccc(C(=O)NC2CCCC(C(F)(F)F)C2)c1. The van der Waals surface area contributed by atoms with Gasteiger partial charge in [0.05, 0.1) is 12.2 Å². The maximum atomic E-state index is 12.8. The second-order valence-corrected chi connectivity index (χ2v) is 7.78. The van der Waals surface area contributed by atoms with E-state index in [4.69, 9.17) is 0 Å². The predicted molar refractivity (Wildman–Crippen MR) is 84.2 cm³/mol. The van der Waals surface area contributed by atoms with Crippen LogP contribution < -0.4 is 10.0 Å². The van der Waals surface area contributed by atoms with E-state index in [0.717, 1.165) is 6.26 Å².